The molecule has 1 rings (SSSR count). The van der Waals surface area contributed by atoms with E-state index in [9.17, 15) is 0 Å². The summed E-state index contributed by atoms with van der Waals surface area (Å²) in [4.78, 5) is 4.83. The first-order chi connectivity index (χ1) is 5.22. The molecular weight excluding hydrogens is 176 g/mol. The van der Waals surface area contributed by atoms with Crippen molar-refractivity contribution in [2.75, 3.05) is 0 Å². The van der Waals surface area contributed by atoms with Crippen molar-refractivity contribution in [3.05, 3.63) is 16.1 Å². The number of aryl methyl sites for hydroxylation is 1. The lowest BCUT2D eigenvalue weighted by Crippen LogP contribution is -2.11. The van der Waals surface area contributed by atoms with E-state index in [0.717, 1.165) is 17.1 Å². The van der Waals surface area contributed by atoms with Crippen molar-refractivity contribution < 1.29 is 0 Å². The van der Waals surface area contributed by atoms with Crippen LogP contribution >= 0.6 is 23.6 Å². The van der Waals surface area contributed by atoms with Gasteiger partial charge in [0.15, 0.2) is 0 Å². The van der Waals surface area contributed by atoms with Crippen molar-refractivity contribution in [2.24, 2.45) is 5.73 Å². The third-order valence-corrected chi connectivity index (χ3v) is 2.44. The number of nitrogens with zero attached hydrogens (tertiary/aromatic N) is 1. The highest BCUT2D eigenvalue weighted by atomic mass is 32.1. The number of hydrogen-bond donors (Lipinski definition) is 1. The van der Waals surface area contributed by atoms with Crippen LogP contribution in [0.15, 0.2) is 5.38 Å². The molecule has 11 heavy (non-hydrogen) atoms. The van der Waals surface area contributed by atoms with E-state index in [-0.39, 0.29) is 0 Å². The topological polar surface area (TPSA) is 38.9 Å². The van der Waals surface area contributed by atoms with Crippen LogP contribution in [-0.2, 0) is 12.8 Å². The molecule has 0 amide bonds. The Labute approximate surface area is 75.4 Å². The van der Waals surface area contributed by atoms with E-state index in [0.29, 0.717) is 11.4 Å². The highest BCUT2D eigenvalue weighted by Crippen LogP contribution is 2.10. The van der Waals surface area contributed by atoms with E-state index in [4.69, 9.17) is 18.0 Å². The van der Waals surface area contributed by atoms with Gasteiger partial charge in [0.1, 0.15) is 0 Å². The number of rotatable bonds is 3. The molecule has 2 N–H and O–H groups in total. The Kier molecular flexibility index (Phi) is 2.96. The summed E-state index contributed by atoms with van der Waals surface area (Å²) >= 11 is 6.43. The summed E-state index contributed by atoms with van der Waals surface area (Å²) in [6, 6.07) is 0. The zero-order chi connectivity index (χ0) is 8.27. The number of hydrogen-bond acceptors (Lipinski definition) is 3. The van der Waals surface area contributed by atoms with E-state index < -0.39 is 0 Å². The molecule has 2 nitrogen and oxygen atoms in total. The summed E-state index contributed by atoms with van der Waals surface area (Å²) < 4.78 is 0. The second-order valence-corrected chi connectivity index (χ2v) is 3.70. The normalized spacial score (nSPS) is 9.91. The molecule has 0 aliphatic rings. The molecule has 0 bridgehead atoms. The number of aromatic nitrogens is 1. The minimum absolute atomic E-state index is 0.512. The predicted octanol–water partition coefficient (Wildman–Crippen LogP) is 1.53. The lowest BCUT2D eigenvalue weighted by atomic mass is 10.3. The van der Waals surface area contributed by atoms with Crippen LogP contribution in [0.3, 0.4) is 0 Å². The third kappa shape index (κ3) is 2.55. The fraction of sp³-hybridized carbons (Fsp3) is 0.429. The molecule has 1 aromatic rings. The van der Waals surface area contributed by atoms with Gasteiger partial charge < -0.3 is 5.73 Å². The molecule has 1 aromatic heterocycles. The van der Waals surface area contributed by atoms with Gasteiger partial charge in [0, 0.05) is 11.8 Å². The Bertz CT molecular complexity index is 255. The van der Waals surface area contributed by atoms with Gasteiger partial charge in [0.2, 0.25) is 0 Å². The lowest BCUT2D eigenvalue weighted by Gasteiger charge is -1.90. The smallest absolute Gasteiger partial charge is 0.0925 e. The molecular formula is C7H10N2S2. The number of nitrogens with two attached hydrogens (primary N) is 1. The lowest BCUT2D eigenvalue weighted by molar-refractivity contribution is 1.05. The molecule has 0 saturated carbocycles. The maximum absolute atomic E-state index is 5.37. The largest absolute Gasteiger partial charge is 0.393 e. The zero-order valence-corrected chi connectivity index (χ0v) is 7.97. The van der Waals surface area contributed by atoms with E-state index in [2.05, 4.69) is 11.9 Å². The van der Waals surface area contributed by atoms with Crippen molar-refractivity contribution in [1.82, 2.24) is 4.98 Å². The Morgan fingerprint density at radius 2 is 2.55 bits per heavy atom. The Morgan fingerprint density at radius 3 is 3.00 bits per heavy atom. The molecule has 4 heteroatoms. The standard InChI is InChI=1S/C7H10N2S2/c1-2-7-9-5(4-11-7)3-6(8)10/h4H,2-3H2,1H3,(H2,8,10). The van der Waals surface area contributed by atoms with Gasteiger partial charge in [-0.15, -0.1) is 11.3 Å². The minimum Gasteiger partial charge on any atom is -0.393 e. The molecule has 1 heterocycles. The maximum Gasteiger partial charge on any atom is 0.0925 e. The summed E-state index contributed by atoms with van der Waals surface area (Å²) in [5, 5.41) is 3.16. The van der Waals surface area contributed by atoms with Crippen LogP contribution in [0, 0.1) is 0 Å². The Balaban J connectivity index is 2.65. The van der Waals surface area contributed by atoms with E-state index in [1.165, 1.54) is 0 Å². The number of thiocarbonyl (C=S) groups is 1. The van der Waals surface area contributed by atoms with Gasteiger partial charge in [-0.3, -0.25) is 0 Å². The number of thiazole rings is 1. The molecule has 0 unspecified atom stereocenters. The minimum atomic E-state index is 0.512. The molecule has 0 radical (unpaired) electrons. The second kappa shape index (κ2) is 3.78. The summed E-state index contributed by atoms with van der Waals surface area (Å²) in [5.74, 6) is 0. The Hall–Kier alpha value is -0.480. The van der Waals surface area contributed by atoms with Gasteiger partial charge >= 0.3 is 0 Å². The summed E-state index contributed by atoms with van der Waals surface area (Å²) in [6.07, 6.45) is 1.62. The average Bonchev–Trinajstić information content (AvgIpc) is 2.34. The highest BCUT2D eigenvalue weighted by Gasteiger charge is 2.00. The van der Waals surface area contributed by atoms with Gasteiger partial charge in [-0.25, -0.2) is 4.98 Å². The van der Waals surface area contributed by atoms with E-state index >= 15 is 0 Å². The van der Waals surface area contributed by atoms with E-state index in [1.807, 2.05) is 5.38 Å². The van der Waals surface area contributed by atoms with Crippen molar-refractivity contribution in [3.63, 3.8) is 0 Å². The summed E-state index contributed by atoms with van der Waals surface area (Å²) in [7, 11) is 0. The molecule has 0 aliphatic carbocycles. The summed E-state index contributed by atoms with van der Waals surface area (Å²) in [5.41, 5.74) is 6.37. The Morgan fingerprint density at radius 1 is 1.82 bits per heavy atom. The molecule has 0 fully saturated rings. The molecule has 0 aliphatic heterocycles. The molecule has 0 spiro atoms. The fourth-order valence-electron chi connectivity index (χ4n) is 0.771. The SMILES string of the molecule is CCc1nc(CC(N)=S)cs1. The quantitative estimate of drug-likeness (QED) is 0.728. The molecule has 60 valence electrons. The van der Waals surface area contributed by atoms with Crippen LogP contribution in [0.25, 0.3) is 0 Å². The highest BCUT2D eigenvalue weighted by molar-refractivity contribution is 7.80. The van der Waals surface area contributed by atoms with Crippen LogP contribution in [0.2, 0.25) is 0 Å². The van der Waals surface area contributed by atoms with Crippen LogP contribution in [0.5, 0.6) is 0 Å². The fourth-order valence-corrected chi connectivity index (χ4v) is 1.66. The average molecular weight is 186 g/mol. The molecule has 0 atom stereocenters. The van der Waals surface area contributed by atoms with Crippen LogP contribution < -0.4 is 5.73 Å². The van der Waals surface area contributed by atoms with Gasteiger partial charge in [-0.1, -0.05) is 19.1 Å². The van der Waals surface area contributed by atoms with Crippen molar-refractivity contribution in [3.8, 4) is 0 Å². The van der Waals surface area contributed by atoms with Gasteiger partial charge in [0.05, 0.1) is 15.7 Å². The monoisotopic (exact) mass is 186 g/mol. The first-order valence-corrected chi connectivity index (χ1v) is 4.72. The first-order valence-electron chi connectivity index (χ1n) is 3.44. The van der Waals surface area contributed by atoms with Gasteiger partial charge in [-0.2, -0.15) is 0 Å². The summed E-state index contributed by atoms with van der Waals surface area (Å²) in [6.45, 7) is 2.09. The predicted molar refractivity (Wildman–Crippen MR) is 52.0 cm³/mol. The van der Waals surface area contributed by atoms with Crippen LogP contribution in [0.1, 0.15) is 17.6 Å². The van der Waals surface area contributed by atoms with Gasteiger partial charge in [-0.05, 0) is 6.42 Å². The van der Waals surface area contributed by atoms with Crippen LogP contribution in [0.4, 0.5) is 0 Å². The van der Waals surface area contributed by atoms with Crippen molar-refractivity contribution >= 4 is 28.5 Å². The third-order valence-electron chi connectivity index (χ3n) is 1.26. The maximum atomic E-state index is 5.37. The van der Waals surface area contributed by atoms with E-state index in [1.54, 1.807) is 11.3 Å². The van der Waals surface area contributed by atoms with Crippen LogP contribution in [-0.4, -0.2) is 9.97 Å². The molecule has 0 aromatic carbocycles. The zero-order valence-electron chi connectivity index (χ0n) is 6.33. The molecule has 0 saturated heterocycles. The van der Waals surface area contributed by atoms with Crippen molar-refractivity contribution in [2.45, 2.75) is 19.8 Å². The second-order valence-electron chi connectivity index (χ2n) is 2.23. The van der Waals surface area contributed by atoms with Crippen molar-refractivity contribution in [1.29, 1.82) is 0 Å². The first kappa shape index (κ1) is 8.62. The van der Waals surface area contributed by atoms with Gasteiger partial charge in [0.25, 0.3) is 0 Å².